The monoisotopic (exact) mass is 536 g/mol. The molecule has 34 heavy (non-hydrogen) atoms. The van der Waals surface area contributed by atoms with Crippen LogP contribution < -0.4 is 27.0 Å². The van der Waals surface area contributed by atoms with Crippen molar-refractivity contribution in [1.29, 1.82) is 0 Å². The minimum atomic E-state index is -0.375. The van der Waals surface area contributed by atoms with E-state index in [0.29, 0.717) is 34.6 Å². The Hall–Kier alpha value is -3.36. The molecule has 1 saturated heterocycles. The molecule has 0 spiro atoms. The molecule has 1 aliphatic heterocycles. The number of nitrogens with one attached hydrogen (secondary N) is 1. The van der Waals surface area contributed by atoms with Crippen LogP contribution in [0.15, 0.2) is 101 Å². The number of hydrogen-bond acceptors (Lipinski definition) is 5. The average Bonchev–Trinajstić information content (AvgIpc) is 3.13. The van der Waals surface area contributed by atoms with Crippen molar-refractivity contribution in [3.8, 4) is 5.75 Å². The fourth-order valence-electron chi connectivity index (χ4n) is 3.25. The van der Waals surface area contributed by atoms with Gasteiger partial charge in [0.05, 0.1) is 25.1 Å². The van der Waals surface area contributed by atoms with Crippen LogP contribution >= 0.6 is 11.8 Å². The Morgan fingerprint density at radius 1 is 0.971 bits per heavy atom. The number of rotatable bonds is 7. The zero-order valence-corrected chi connectivity index (χ0v) is 20.9. The fourth-order valence-corrected chi connectivity index (χ4v) is 4.19. The summed E-state index contributed by atoms with van der Waals surface area (Å²) in [5, 5.41) is 3.36. The van der Waals surface area contributed by atoms with Crippen LogP contribution in [0.1, 0.15) is 11.1 Å². The maximum absolute atomic E-state index is 13.2. The van der Waals surface area contributed by atoms with Crippen LogP contribution in [-0.2, 0) is 22.7 Å². The summed E-state index contributed by atoms with van der Waals surface area (Å²) in [4.78, 5) is 32.4. The number of benzene rings is 3. The Bertz CT molecular complexity index is 1180. The van der Waals surface area contributed by atoms with Crippen molar-refractivity contribution in [2.24, 2.45) is 4.99 Å². The van der Waals surface area contributed by atoms with E-state index in [1.807, 2.05) is 60.7 Å². The molecule has 8 heteroatoms. The van der Waals surface area contributed by atoms with Gasteiger partial charge in [0.15, 0.2) is 5.17 Å². The van der Waals surface area contributed by atoms with E-state index < -0.39 is 0 Å². The van der Waals surface area contributed by atoms with Gasteiger partial charge in [-0.15, -0.1) is 0 Å². The second-order valence-electron chi connectivity index (χ2n) is 7.29. The summed E-state index contributed by atoms with van der Waals surface area (Å²) in [7, 11) is 1.58. The summed E-state index contributed by atoms with van der Waals surface area (Å²) < 4.78 is 5.13. The number of hydrogen-bond donors (Lipinski definition) is 1. The largest absolute Gasteiger partial charge is 1.00 e. The number of amides is 2. The Balaban J connectivity index is 0.00000324. The first-order chi connectivity index (χ1) is 16.1. The van der Waals surface area contributed by atoms with Crippen molar-refractivity contribution < 1.29 is 31.3 Å². The zero-order valence-electron chi connectivity index (χ0n) is 18.5. The van der Waals surface area contributed by atoms with Gasteiger partial charge in [-0.05, 0) is 47.2 Å². The highest BCUT2D eigenvalue weighted by molar-refractivity contribution is 8.18. The first-order valence-corrected chi connectivity index (χ1v) is 11.2. The first kappa shape index (κ1) is 25.3. The van der Waals surface area contributed by atoms with Crippen molar-refractivity contribution in [2.75, 3.05) is 12.4 Å². The second-order valence-corrected chi connectivity index (χ2v) is 8.30. The average molecular weight is 537 g/mol. The van der Waals surface area contributed by atoms with E-state index in [2.05, 4.69) is 10.3 Å². The van der Waals surface area contributed by atoms with Crippen LogP contribution in [0.5, 0.6) is 5.75 Å². The third-order valence-corrected chi connectivity index (χ3v) is 5.98. The van der Waals surface area contributed by atoms with E-state index in [0.717, 1.165) is 11.1 Å². The summed E-state index contributed by atoms with van der Waals surface area (Å²) in [6.07, 6.45) is 1.33. The molecule has 2 amide bonds. The molecule has 0 unspecified atom stereocenters. The Kier molecular flexibility index (Phi) is 9.07. The molecule has 1 N–H and O–H groups in total. The van der Waals surface area contributed by atoms with E-state index in [1.54, 1.807) is 36.3 Å². The second kappa shape index (κ2) is 12.2. The van der Waals surface area contributed by atoms with Gasteiger partial charge < -0.3 is 27.0 Å². The number of nitrogens with zero attached hydrogens (tertiary/aromatic N) is 2. The summed E-state index contributed by atoms with van der Waals surface area (Å²) >= 11 is 1.22. The molecule has 0 aromatic heterocycles. The molecule has 0 bridgehead atoms. The molecule has 174 valence electrons. The third kappa shape index (κ3) is 6.59. The predicted molar refractivity (Wildman–Crippen MR) is 132 cm³/mol. The van der Waals surface area contributed by atoms with E-state index in [9.17, 15) is 9.59 Å². The van der Waals surface area contributed by atoms with Gasteiger partial charge in [-0.2, -0.15) is 0 Å². The lowest BCUT2D eigenvalue weighted by atomic mass is 10.2. The van der Waals surface area contributed by atoms with Crippen LogP contribution in [0, 0.1) is 0 Å². The minimum absolute atomic E-state index is 0. The van der Waals surface area contributed by atoms with Crippen molar-refractivity contribution in [3.05, 3.63) is 107 Å². The fraction of sp³-hybridized carbons (Fsp3) is 0.115. The Morgan fingerprint density at radius 2 is 1.59 bits per heavy atom. The maximum atomic E-state index is 13.2. The topological polar surface area (TPSA) is 71.0 Å². The quantitative estimate of drug-likeness (QED) is 0.468. The highest BCUT2D eigenvalue weighted by Gasteiger charge is 2.33. The van der Waals surface area contributed by atoms with Crippen molar-refractivity contribution in [2.45, 2.75) is 13.1 Å². The van der Waals surface area contributed by atoms with Crippen LogP contribution in [-0.4, -0.2) is 29.0 Å². The number of amidine groups is 1. The van der Waals surface area contributed by atoms with Gasteiger partial charge in [-0.25, -0.2) is 0 Å². The summed E-state index contributed by atoms with van der Waals surface area (Å²) in [5.41, 5.74) is 2.65. The van der Waals surface area contributed by atoms with Gasteiger partial charge in [0, 0.05) is 11.8 Å². The molecule has 4 rings (SSSR count). The van der Waals surface area contributed by atoms with Gasteiger partial charge in [0.1, 0.15) is 5.75 Å². The number of ether oxygens (including phenoxy) is 1. The molecule has 6 nitrogen and oxygen atoms in total. The third-order valence-electron chi connectivity index (χ3n) is 4.93. The highest BCUT2D eigenvalue weighted by Crippen LogP contribution is 2.32. The number of methoxy groups -OCH3 is 1. The molecule has 3 aromatic rings. The number of carbonyl (C=O) groups is 2. The molecule has 0 saturated carbocycles. The first-order valence-electron chi connectivity index (χ1n) is 10.4. The van der Waals surface area contributed by atoms with Gasteiger partial charge in [-0.3, -0.25) is 19.5 Å². The predicted octanol–water partition coefficient (Wildman–Crippen LogP) is 1.85. The van der Waals surface area contributed by atoms with Crippen molar-refractivity contribution >= 4 is 34.4 Å². The highest BCUT2D eigenvalue weighted by atomic mass is 79.9. The van der Waals surface area contributed by atoms with E-state index in [-0.39, 0.29) is 28.8 Å². The van der Waals surface area contributed by atoms with E-state index in [4.69, 9.17) is 4.74 Å². The molecule has 0 aliphatic carbocycles. The van der Waals surface area contributed by atoms with Gasteiger partial charge in [0.2, 0.25) is 5.91 Å². The number of thioether (sulfide) groups is 1. The minimum Gasteiger partial charge on any atom is -1.00 e. The number of aliphatic imine (C=N–C) groups is 1. The van der Waals surface area contributed by atoms with Crippen molar-refractivity contribution in [1.82, 2.24) is 4.90 Å². The molecule has 1 heterocycles. The lowest BCUT2D eigenvalue weighted by Gasteiger charge is -2.15. The number of anilines is 1. The van der Waals surface area contributed by atoms with Crippen LogP contribution in [0.2, 0.25) is 0 Å². The molecular weight excluding hydrogens is 514 g/mol. The Labute approximate surface area is 213 Å². The summed E-state index contributed by atoms with van der Waals surface area (Å²) in [6, 6.07) is 26.6. The lowest BCUT2D eigenvalue weighted by molar-refractivity contribution is -0.123. The molecule has 0 atom stereocenters. The van der Waals surface area contributed by atoms with Crippen LogP contribution in [0.25, 0.3) is 0 Å². The molecule has 0 radical (unpaired) electrons. The molecule has 1 fully saturated rings. The van der Waals surface area contributed by atoms with Gasteiger partial charge >= 0.3 is 0 Å². The standard InChI is InChI=1S/C26H23N3O3S.BrH/c1-32-22-14-12-21(13-15-22)28-24(30)16-23-25(31)29(18-20-10-6-3-7-11-20)26(33-23)27-17-19-8-4-2-5-9-19;/h2-16H,17-18H2,1H3,(H,28,30);1H/p-1/b23-16-,27-26?;. The Morgan fingerprint density at radius 3 is 2.21 bits per heavy atom. The molecular formula is C26H23BrN3O3S-. The van der Waals surface area contributed by atoms with Crippen molar-refractivity contribution in [3.63, 3.8) is 0 Å². The lowest BCUT2D eigenvalue weighted by Crippen LogP contribution is -3.00. The normalized spacial score (nSPS) is 15.3. The van der Waals surface area contributed by atoms with E-state index in [1.165, 1.54) is 17.8 Å². The molecule has 1 aliphatic rings. The molecule has 3 aromatic carbocycles. The van der Waals surface area contributed by atoms with Gasteiger partial charge in [-0.1, -0.05) is 60.7 Å². The number of carbonyl (C=O) groups excluding carboxylic acids is 2. The zero-order chi connectivity index (χ0) is 23.0. The smallest absolute Gasteiger partial charge is 0.267 e. The summed E-state index contributed by atoms with van der Waals surface area (Å²) in [5.74, 6) is 0.0873. The van der Waals surface area contributed by atoms with E-state index >= 15 is 0 Å². The number of halogens is 1. The van der Waals surface area contributed by atoms with Crippen LogP contribution in [0.4, 0.5) is 5.69 Å². The SMILES string of the molecule is COc1ccc(NC(=O)/C=C2\SC(=NCc3ccccc3)N(Cc3ccccc3)C2=O)cc1.[Br-]. The maximum Gasteiger partial charge on any atom is 0.267 e. The van der Waals surface area contributed by atoms with Gasteiger partial charge in [0.25, 0.3) is 5.91 Å². The summed E-state index contributed by atoms with van der Waals surface area (Å²) in [6.45, 7) is 0.838. The van der Waals surface area contributed by atoms with Crippen LogP contribution in [0.3, 0.4) is 0 Å².